The Balaban J connectivity index is 2.17. The number of nitrogens with zero attached hydrogens (tertiary/aromatic N) is 1. The Bertz CT molecular complexity index is 672. The van der Waals surface area contributed by atoms with Gasteiger partial charge in [-0.3, -0.25) is 5.10 Å². The van der Waals surface area contributed by atoms with Crippen LogP contribution in [0.4, 0.5) is 5.69 Å². The Kier molecular flexibility index (Phi) is 3.59. The molecule has 102 valence electrons. The van der Waals surface area contributed by atoms with Gasteiger partial charge < -0.3 is 5.32 Å². The molecule has 2 aromatic rings. The summed E-state index contributed by atoms with van der Waals surface area (Å²) in [7, 11) is -3.67. The minimum absolute atomic E-state index is 0.0955. The van der Waals surface area contributed by atoms with Gasteiger partial charge in [-0.15, -0.1) is 0 Å². The number of rotatable bonds is 4. The molecule has 0 radical (unpaired) electrons. The van der Waals surface area contributed by atoms with E-state index in [-0.39, 0.29) is 4.90 Å². The second-order valence-electron chi connectivity index (χ2n) is 4.34. The van der Waals surface area contributed by atoms with Crippen LogP contribution in [-0.2, 0) is 16.6 Å². The molecule has 1 aromatic carbocycles. The zero-order valence-corrected chi connectivity index (χ0v) is 11.6. The normalized spacial score (nSPS) is 11.5. The molecule has 0 atom stereocenters. The maximum Gasteiger partial charge on any atom is 0.238 e. The molecule has 0 aliphatic rings. The highest BCUT2D eigenvalue weighted by atomic mass is 32.2. The molecule has 0 aliphatic heterocycles. The molecule has 2 rings (SSSR count). The highest BCUT2D eigenvalue weighted by Gasteiger charge is 2.09. The SMILES string of the molecule is Cc1n[nH]c(C)c1CNc1cccc(S(N)(=O)=O)c1. The molecule has 4 N–H and O–H groups in total. The number of nitrogens with one attached hydrogen (secondary N) is 2. The number of hydrogen-bond acceptors (Lipinski definition) is 4. The van der Waals surface area contributed by atoms with Crippen molar-refractivity contribution in [3.8, 4) is 0 Å². The number of aromatic amines is 1. The van der Waals surface area contributed by atoms with Gasteiger partial charge in [-0.1, -0.05) is 6.07 Å². The number of hydrogen-bond donors (Lipinski definition) is 3. The molecule has 1 heterocycles. The van der Waals surface area contributed by atoms with Gasteiger partial charge in [0.15, 0.2) is 0 Å². The molecular weight excluding hydrogens is 264 g/mol. The third kappa shape index (κ3) is 3.12. The molecule has 19 heavy (non-hydrogen) atoms. The highest BCUT2D eigenvalue weighted by molar-refractivity contribution is 7.89. The standard InChI is InChI=1S/C12H16N4O2S/c1-8-12(9(2)16-15-8)7-14-10-4-3-5-11(6-10)19(13,17)18/h3-6,14H,7H2,1-2H3,(H,15,16)(H2,13,17,18). The minimum Gasteiger partial charge on any atom is -0.381 e. The van der Waals surface area contributed by atoms with Crippen LogP contribution in [0.1, 0.15) is 17.0 Å². The smallest absolute Gasteiger partial charge is 0.238 e. The van der Waals surface area contributed by atoms with Crippen LogP contribution in [0, 0.1) is 13.8 Å². The van der Waals surface area contributed by atoms with Gasteiger partial charge in [-0.05, 0) is 32.0 Å². The van der Waals surface area contributed by atoms with Crippen molar-refractivity contribution in [2.75, 3.05) is 5.32 Å². The van der Waals surface area contributed by atoms with Crippen molar-refractivity contribution in [3.05, 3.63) is 41.2 Å². The monoisotopic (exact) mass is 280 g/mol. The summed E-state index contributed by atoms with van der Waals surface area (Å²) >= 11 is 0. The molecule has 0 aliphatic carbocycles. The van der Waals surface area contributed by atoms with Crippen molar-refractivity contribution >= 4 is 15.7 Å². The third-order valence-corrected chi connectivity index (χ3v) is 3.82. The van der Waals surface area contributed by atoms with Gasteiger partial charge in [0.25, 0.3) is 0 Å². The summed E-state index contributed by atoms with van der Waals surface area (Å²) in [5, 5.41) is 15.3. The van der Waals surface area contributed by atoms with Crippen LogP contribution >= 0.6 is 0 Å². The lowest BCUT2D eigenvalue weighted by Gasteiger charge is -2.08. The van der Waals surface area contributed by atoms with Crippen molar-refractivity contribution in [2.45, 2.75) is 25.3 Å². The van der Waals surface area contributed by atoms with E-state index in [0.29, 0.717) is 12.2 Å². The van der Waals surface area contributed by atoms with Crippen LogP contribution in [0.5, 0.6) is 0 Å². The molecule has 6 nitrogen and oxygen atoms in total. The zero-order chi connectivity index (χ0) is 14.0. The Morgan fingerprint density at radius 2 is 2.11 bits per heavy atom. The fourth-order valence-corrected chi connectivity index (χ4v) is 2.37. The summed E-state index contributed by atoms with van der Waals surface area (Å²) in [5.41, 5.74) is 3.69. The highest BCUT2D eigenvalue weighted by Crippen LogP contribution is 2.16. The van der Waals surface area contributed by atoms with Crippen molar-refractivity contribution in [3.63, 3.8) is 0 Å². The van der Waals surface area contributed by atoms with E-state index < -0.39 is 10.0 Å². The summed E-state index contributed by atoms with van der Waals surface area (Å²) in [6, 6.07) is 6.42. The molecule has 0 unspecified atom stereocenters. The van der Waals surface area contributed by atoms with Gasteiger partial charge >= 0.3 is 0 Å². The molecular formula is C12H16N4O2S. The maximum atomic E-state index is 11.3. The van der Waals surface area contributed by atoms with E-state index >= 15 is 0 Å². The van der Waals surface area contributed by atoms with E-state index in [2.05, 4.69) is 15.5 Å². The lowest BCUT2D eigenvalue weighted by molar-refractivity contribution is 0.598. The largest absolute Gasteiger partial charge is 0.381 e. The first-order chi connectivity index (χ1) is 8.88. The summed E-state index contributed by atoms with van der Waals surface area (Å²) in [6.07, 6.45) is 0. The van der Waals surface area contributed by atoms with Gasteiger partial charge in [0, 0.05) is 23.5 Å². The fraction of sp³-hybridized carbons (Fsp3) is 0.250. The van der Waals surface area contributed by atoms with Crippen LogP contribution < -0.4 is 10.5 Å². The number of nitrogens with two attached hydrogens (primary N) is 1. The fourth-order valence-electron chi connectivity index (χ4n) is 1.81. The topological polar surface area (TPSA) is 101 Å². The second kappa shape index (κ2) is 5.02. The Hall–Kier alpha value is -1.86. The van der Waals surface area contributed by atoms with E-state index in [1.807, 2.05) is 13.8 Å². The van der Waals surface area contributed by atoms with Crippen LogP contribution in [0.15, 0.2) is 29.2 Å². The van der Waals surface area contributed by atoms with E-state index in [4.69, 9.17) is 5.14 Å². The van der Waals surface area contributed by atoms with Gasteiger partial charge in [-0.25, -0.2) is 13.6 Å². The average molecular weight is 280 g/mol. The first-order valence-corrected chi connectivity index (χ1v) is 7.30. The van der Waals surface area contributed by atoms with Gasteiger partial charge in [-0.2, -0.15) is 5.10 Å². The number of H-pyrrole nitrogens is 1. The quantitative estimate of drug-likeness (QED) is 0.785. The van der Waals surface area contributed by atoms with E-state index in [1.54, 1.807) is 12.1 Å². The first kappa shape index (κ1) is 13.6. The number of benzene rings is 1. The third-order valence-electron chi connectivity index (χ3n) is 2.91. The Morgan fingerprint density at radius 1 is 1.37 bits per heavy atom. The lowest BCUT2D eigenvalue weighted by Crippen LogP contribution is -2.12. The van der Waals surface area contributed by atoms with Gasteiger partial charge in [0.1, 0.15) is 0 Å². The molecule has 0 bridgehead atoms. The molecule has 0 amide bonds. The summed E-state index contributed by atoms with van der Waals surface area (Å²) in [5.74, 6) is 0. The summed E-state index contributed by atoms with van der Waals surface area (Å²) < 4.78 is 22.5. The molecule has 0 spiro atoms. The van der Waals surface area contributed by atoms with Gasteiger partial charge in [0.05, 0.1) is 10.6 Å². The summed E-state index contributed by atoms with van der Waals surface area (Å²) in [4.78, 5) is 0.0955. The van der Waals surface area contributed by atoms with Crippen LogP contribution in [0.2, 0.25) is 0 Å². The van der Waals surface area contributed by atoms with Crippen LogP contribution in [-0.4, -0.2) is 18.6 Å². The summed E-state index contributed by atoms with van der Waals surface area (Å²) in [6.45, 7) is 4.43. The Morgan fingerprint density at radius 3 is 2.68 bits per heavy atom. The zero-order valence-electron chi connectivity index (χ0n) is 10.8. The predicted molar refractivity (Wildman–Crippen MR) is 73.2 cm³/mol. The molecule has 0 saturated carbocycles. The van der Waals surface area contributed by atoms with Crippen molar-refractivity contribution in [1.29, 1.82) is 0 Å². The second-order valence-corrected chi connectivity index (χ2v) is 5.90. The van der Waals surface area contributed by atoms with E-state index in [9.17, 15) is 8.42 Å². The van der Waals surface area contributed by atoms with E-state index in [1.165, 1.54) is 12.1 Å². The van der Waals surface area contributed by atoms with E-state index in [0.717, 1.165) is 17.0 Å². The number of sulfonamides is 1. The molecule has 7 heteroatoms. The Labute approximate surface area is 112 Å². The van der Waals surface area contributed by atoms with Crippen LogP contribution in [0.3, 0.4) is 0 Å². The predicted octanol–water partition coefficient (Wildman–Crippen LogP) is 1.29. The van der Waals surface area contributed by atoms with Gasteiger partial charge in [0.2, 0.25) is 10.0 Å². The maximum absolute atomic E-state index is 11.3. The molecule has 1 aromatic heterocycles. The van der Waals surface area contributed by atoms with Crippen molar-refractivity contribution < 1.29 is 8.42 Å². The van der Waals surface area contributed by atoms with Crippen molar-refractivity contribution in [1.82, 2.24) is 10.2 Å². The first-order valence-electron chi connectivity index (χ1n) is 5.75. The number of aryl methyl sites for hydroxylation is 2. The van der Waals surface area contributed by atoms with Crippen LogP contribution in [0.25, 0.3) is 0 Å². The minimum atomic E-state index is -3.67. The number of aromatic nitrogens is 2. The number of anilines is 1. The lowest BCUT2D eigenvalue weighted by atomic mass is 10.2. The number of primary sulfonamides is 1. The molecule has 0 fully saturated rings. The van der Waals surface area contributed by atoms with Crippen molar-refractivity contribution in [2.24, 2.45) is 5.14 Å². The molecule has 0 saturated heterocycles. The average Bonchev–Trinajstić information content (AvgIpc) is 2.66.